The number of rotatable bonds is 5. The standard InChI is InChI=1S/C16H22ClN3O/c1-15(2,3)16(21,10-20-11-18-19-12-20)9-8-13-4-6-14(17)7-5-13/h4-7,11-12,21H,8-10H2,1-3H3/t16-/m1/s1. The molecule has 2 aromatic rings. The lowest BCUT2D eigenvalue weighted by atomic mass is 9.73. The summed E-state index contributed by atoms with van der Waals surface area (Å²) in [6, 6.07) is 7.77. The molecule has 0 spiro atoms. The van der Waals surface area contributed by atoms with Crippen molar-refractivity contribution in [2.75, 3.05) is 0 Å². The highest BCUT2D eigenvalue weighted by Gasteiger charge is 2.39. The molecule has 114 valence electrons. The van der Waals surface area contributed by atoms with Crippen molar-refractivity contribution in [2.45, 2.75) is 45.8 Å². The van der Waals surface area contributed by atoms with Crippen LogP contribution in [0.2, 0.25) is 5.02 Å². The lowest BCUT2D eigenvalue weighted by Gasteiger charge is -2.40. The zero-order chi connectivity index (χ0) is 15.5. The molecule has 0 unspecified atom stereocenters. The Labute approximate surface area is 130 Å². The minimum absolute atomic E-state index is 0.246. The van der Waals surface area contributed by atoms with Crippen LogP contribution in [0.4, 0.5) is 0 Å². The van der Waals surface area contributed by atoms with E-state index in [0.29, 0.717) is 13.0 Å². The summed E-state index contributed by atoms with van der Waals surface area (Å²) in [6.45, 7) is 6.65. The Morgan fingerprint density at radius 3 is 2.19 bits per heavy atom. The van der Waals surface area contributed by atoms with E-state index in [2.05, 4.69) is 31.0 Å². The SMILES string of the molecule is CC(C)(C)[C@@](O)(CCc1ccc(Cl)cc1)Cn1cnnc1. The fraction of sp³-hybridized carbons (Fsp3) is 0.500. The fourth-order valence-electron chi connectivity index (χ4n) is 2.30. The van der Waals surface area contributed by atoms with E-state index in [0.717, 1.165) is 11.4 Å². The summed E-state index contributed by atoms with van der Waals surface area (Å²) in [4.78, 5) is 0. The Morgan fingerprint density at radius 1 is 1.10 bits per heavy atom. The predicted octanol–water partition coefficient (Wildman–Crippen LogP) is 3.34. The van der Waals surface area contributed by atoms with Crippen LogP contribution in [0, 0.1) is 5.41 Å². The number of aryl methyl sites for hydroxylation is 1. The van der Waals surface area contributed by atoms with E-state index in [1.54, 1.807) is 12.7 Å². The van der Waals surface area contributed by atoms with Gasteiger partial charge in [-0.05, 0) is 36.0 Å². The molecule has 1 N–H and O–H groups in total. The van der Waals surface area contributed by atoms with Gasteiger partial charge in [0.25, 0.3) is 0 Å². The topological polar surface area (TPSA) is 50.9 Å². The first-order valence-corrected chi connectivity index (χ1v) is 7.47. The highest BCUT2D eigenvalue weighted by atomic mass is 35.5. The summed E-state index contributed by atoms with van der Waals surface area (Å²) < 4.78 is 1.83. The van der Waals surface area contributed by atoms with E-state index in [1.807, 2.05) is 28.8 Å². The Bertz CT molecular complexity index is 560. The second-order valence-electron chi connectivity index (χ2n) is 6.54. The number of aliphatic hydroxyl groups is 1. The zero-order valence-corrected chi connectivity index (χ0v) is 13.5. The lowest BCUT2D eigenvalue weighted by molar-refractivity contribution is -0.0774. The summed E-state index contributed by atoms with van der Waals surface area (Å²) in [5.41, 5.74) is 0.0875. The molecule has 5 heteroatoms. The van der Waals surface area contributed by atoms with Crippen LogP contribution in [0.15, 0.2) is 36.9 Å². The summed E-state index contributed by atoms with van der Waals surface area (Å²) in [5, 5.41) is 19.5. The average molecular weight is 308 g/mol. The van der Waals surface area contributed by atoms with E-state index in [4.69, 9.17) is 11.6 Å². The van der Waals surface area contributed by atoms with E-state index >= 15 is 0 Å². The summed E-state index contributed by atoms with van der Waals surface area (Å²) >= 11 is 5.90. The maximum atomic E-state index is 11.1. The van der Waals surface area contributed by atoms with Gasteiger partial charge in [-0.3, -0.25) is 0 Å². The average Bonchev–Trinajstić information content (AvgIpc) is 2.89. The van der Waals surface area contributed by atoms with E-state index in [9.17, 15) is 5.11 Å². The molecule has 1 heterocycles. The molecule has 0 amide bonds. The smallest absolute Gasteiger partial charge is 0.119 e. The van der Waals surface area contributed by atoms with Crippen molar-refractivity contribution in [1.82, 2.24) is 14.8 Å². The van der Waals surface area contributed by atoms with Crippen LogP contribution < -0.4 is 0 Å². The molecule has 1 aromatic carbocycles. The molecule has 21 heavy (non-hydrogen) atoms. The number of benzene rings is 1. The van der Waals surface area contributed by atoms with Crippen LogP contribution >= 0.6 is 11.6 Å². The molecule has 2 rings (SSSR count). The van der Waals surface area contributed by atoms with Gasteiger partial charge in [-0.2, -0.15) is 0 Å². The first-order chi connectivity index (χ1) is 9.80. The molecule has 0 aliphatic heterocycles. The highest BCUT2D eigenvalue weighted by Crippen LogP contribution is 2.35. The molecule has 0 bridgehead atoms. The molecule has 0 aliphatic carbocycles. The predicted molar refractivity (Wildman–Crippen MR) is 84.2 cm³/mol. The van der Waals surface area contributed by atoms with Gasteiger partial charge in [-0.1, -0.05) is 44.5 Å². The Kier molecular flexibility index (Phi) is 4.69. The van der Waals surface area contributed by atoms with Gasteiger partial charge in [0, 0.05) is 5.02 Å². The molecule has 0 radical (unpaired) electrons. The van der Waals surface area contributed by atoms with Crippen molar-refractivity contribution in [3.05, 3.63) is 47.5 Å². The van der Waals surface area contributed by atoms with Crippen LogP contribution in [0.5, 0.6) is 0 Å². The molecular weight excluding hydrogens is 286 g/mol. The Hall–Kier alpha value is -1.39. The quantitative estimate of drug-likeness (QED) is 0.921. The summed E-state index contributed by atoms with van der Waals surface area (Å²) in [6.07, 6.45) is 4.74. The Morgan fingerprint density at radius 2 is 1.67 bits per heavy atom. The van der Waals surface area contributed by atoms with Crippen LogP contribution in [0.1, 0.15) is 32.8 Å². The lowest BCUT2D eigenvalue weighted by Crippen LogP contribution is -2.46. The van der Waals surface area contributed by atoms with Crippen LogP contribution in [0.3, 0.4) is 0 Å². The van der Waals surface area contributed by atoms with Crippen molar-refractivity contribution < 1.29 is 5.11 Å². The first-order valence-electron chi connectivity index (χ1n) is 7.09. The second-order valence-corrected chi connectivity index (χ2v) is 6.98. The second kappa shape index (κ2) is 6.16. The van der Waals surface area contributed by atoms with Crippen molar-refractivity contribution in [1.29, 1.82) is 0 Å². The molecule has 1 atom stereocenters. The van der Waals surface area contributed by atoms with Gasteiger partial charge >= 0.3 is 0 Å². The largest absolute Gasteiger partial charge is 0.387 e. The molecule has 0 fully saturated rings. The minimum atomic E-state index is -0.838. The first kappa shape index (κ1) is 16.0. The van der Waals surface area contributed by atoms with Crippen LogP contribution in [-0.4, -0.2) is 25.5 Å². The maximum absolute atomic E-state index is 11.1. The molecular formula is C16H22ClN3O. The number of hydrogen-bond donors (Lipinski definition) is 1. The molecule has 0 aliphatic rings. The van der Waals surface area contributed by atoms with Crippen LogP contribution in [-0.2, 0) is 13.0 Å². The van der Waals surface area contributed by atoms with Gasteiger partial charge in [0.05, 0.1) is 12.1 Å². The van der Waals surface area contributed by atoms with Gasteiger partial charge in [0.1, 0.15) is 12.7 Å². The zero-order valence-electron chi connectivity index (χ0n) is 12.8. The number of aromatic nitrogens is 3. The van der Waals surface area contributed by atoms with Gasteiger partial charge in [0.2, 0.25) is 0 Å². The maximum Gasteiger partial charge on any atom is 0.119 e. The number of hydrogen-bond acceptors (Lipinski definition) is 3. The van der Waals surface area contributed by atoms with Gasteiger partial charge in [0.15, 0.2) is 0 Å². The third kappa shape index (κ3) is 4.05. The van der Waals surface area contributed by atoms with Crippen molar-refractivity contribution >= 4 is 11.6 Å². The molecule has 0 saturated heterocycles. The molecule has 4 nitrogen and oxygen atoms in total. The third-order valence-electron chi connectivity index (χ3n) is 4.05. The van der Waals surface area contributed by atoms with Crippen LogP contribution in [0.25, 0.3) is 0 Å². The van der Waals surface area contributed by atoms with Crippen molar-refractivity contribution in [3.63, 3.8) is 0 Å². The van der Waals surface area contributed by atoms with Gasteiger partial charge in [-0.15, -0.1) is 10.2 Å². The van der Waals surface area contributed by atoms with Gasteiger partial charge in [-0.25, -0.2) is 0 Å². The van der Waals surface area contributed by atoms with Gasteiger partial charge < -0.3 is 9.67 Å². The van der Waals surface area contributed by atoms with Crippen molar-refractivity contribution in [2.24, 2.45) is 5.41 Å². The summed E-state index contributed by atoms with van der Waals surface area (Å²) in [5.74, 6) is 0. The molecule has 0 saturated carbocycles. The van der Waals surface area contributed by atoms with E-state index in [-0.39, 0.29) is 5.41 Å². The number of nitrogens with zero attached hydrogens (tertiary/aromatic N) is 3. The monoisotopic (exact) mass is 307 g/mol. The minimum Gasteiger partial charge on any atom is -0.387 e. The summed E-state index contributed by atoms with van der Waals surface area (Å²) in [7, 11) is 0. The highest BCUT2D eigenvalue weighted by molar-refractivity contribution is 6.30. The van der Waals surface area contributed by atoms with E-state index < -0.39 is 5.60 Å². The fourth-order valence-corrected chi connectivity index (χ4v) is 2.43. The Balaban J connectivity index is 2.11. The van der Waals surface area contributed by atoms with Crippen molar-refractivity contribution in [3.8, 4) is 0 Å². The van der Waals surface area contributed by atoms with E-state index in [1.165, 1.54) is 5.56 Å². The number of halogens is 1. The normalized spacial score (nSPS) is 14.9. The molecule has 1 aromatic heterocycles. The third-order valence-corrected chi connectivity index (χ3v) is 4.30.